The smallest absolute Gasteiger partial charge is 0.252 e. The molecule has 3 heterocycles. The van der Waals surface area contributed by atoms with Crippen molar-refractivity contribution in [2.45, 2.75) is 37.3 Å². The Bertz CT molecular complexity index is 1060. The van der Waals surface area contributed by atoms with Gasteiger partial charge in [0.15, 0.2) is 11.5 Å². The zero-order chi connectivity index (χ0) is 25.7. The molecule has 4 rings (SSSR count). The first-order valence-corrected chi connectivity index (χ1v) is 13.5. The largest absolute Gasteiger partial charge is 0.493 e. The van der Waals surface area contributed by atoms with Crippen LogP contribution in [0.1, 0.15) is 41.0 Å². The Kier molecular flexibility index (Phi) is 8.30. The molecule has 1 aromatic heterocycles. The van der Waals surface area contributed by atoms with Crippen molar-refractivity contribution in [1.82, 2.24) is 25.5 Å². The fraction of sp³-hybridized carbons (Fsp3) is 0.560. The van der Waals surface area contributed by atoms with Gasteiger partial charge in [-0.3, -0.25) is 9.59 Å². The fourth-order valence-electron chi connectivity index (χ4n) is 5.12. The number of hydrogen-bond donors (Lipinski definition) is 3. The van der Waals surface area contributed by atoms with Gasteiger partial charge in [0.25, 0.3) is 5.91 Å². The molecule has 2 amide bonds. The first kappa shape index (κ1) is 26.2. The summed E-state index contributed by atoms with van der Waals surface area (Å²) in [5, 5.41) is 6.62. The monoisotopic (exact) mass is 517 g/mol. The third kappa shape index (κ3) is 5.12. The van der Waals surface area contributed by atoms with Gasteiger partial charge in [-0.1, -0.05) is 0 Å². The summed E-state index contributed by atoms with van der Waals surface area (Å²) in [6.07, 6.45) is 6.79. The average molecular weight is 518 g/mol. The molecule has 10 nitrogen and oxygen atoms in total. The van der Waals surface area contributed by atoms with Crippen molar-refractivity contribution in [3.8, 4) is 17.2 Å². The number of aromatic amines is 1. The standard InChI is InChI=1S/C25H35N5O5S/c1-33-19-13-16(14-20(34-2)21(19)35-3)23(31)29-18(6-12-36-4)24(32)30-10-7-25(8-11-30)22-17(5-9-28-25)26-15-27-22/h13-15,18,28H,5-12H2,1-4H3,(H,26,27)(H,29,31)/t18-/m1/s1. The summed E-state index contributed by atoms with van der Waals surface area (Å²) in [5.74, 6) is 1.50. The number of likely N-dealkylation sites (tertiary alicyclic amines) is 1. The lowest BCUT2D eigenvalue weighted by atomic mass is 9.80. The number of amides is 2. The van der Waals surface area contributed by atoms with Gasteiger partial charge in [-0.2, -0.15) is 11.8 Å². The highest BCUT2D eigenvalue weighted by Gasteiger charge is 2.42. The van der Waals surface area contributed by atoms with E-state index in [4.69, 9.17) is 14.2 Å². The van der Waals surface area contributed by atoms with Crippen LogP contribution in [0.4, 0.5) is 0 Å². The summed E-state index contributed by atoms with van der Waals surface area (Å²) in [4.78, 5) is 36.5. The van der Waals surface area contributed by atoms with Gasteiger partial charge < -0.3 is 34.7 Å². The SMILES string of the molecule is COc1cc(C(=O)N[C@H](CCSC)C(=O)N2CCC3(CC2)NCCc2[nH]cnc23)cc(OC)c1OC. The van der Waals surface area contributed by atoms with Crippen LogP contribution in [0.15, 0.2) is 18.5 Å². The molecule has 1 aromatic carbocycles. The minimum Gasteiger partial charge on any atom is -0.493 e. The maximum atomic E-state index is 13.6. The Hall–Kier alpha value is -2.92. The van der Waals surface area contributed by atoms with Crippen LogP contribution in [0, 0.1) is 0 Å². The topological polar surface area (TPSA) is 118 Å². The van der Waals surface area contributed by atoms with Gasteiger partial charge in [0.1, 0.15) is 6.04 Å². The molecule has 0 bridgehead atoms. The van der Waals surface area contributed by atoms with E-state index >= 15 is 0 Å². The molecule has 1 atom stereocenters. The number of carbonyl (C=O) groups is 2. The second-order valence-corrected chi connectivity index (χ2v) is 10.0. The van der Waals surface area contributed by atoms with Gasteiger partial charge in [0.05, 0.1) is 38.9 Å². The quantitative estimate of drug-likeness (QED) is 0.462. The van der Waals surface area contributed by atoms with E-state index in [2.05, 4.69) is 20.6 Å². The van der Waals surface area contributed by atoms with Crippen LogP contribution in [0.5, 0.6) is 17.2 Å². The van der Waals surface area contributed by atoms with Crippen LogP contribution in [-0.2, 0) is 16.8 Å². The van der Waals surface area contributed by atoms with Crippen LogP contribution >= 0.6 is 11.8 Å². The third-order valence-corrected chi connectivity index (χ3v) is 7.72. The second-order valence-electron chi connectivity index (χ2n) is 9.04. The first-order valence-electron chi connectivity index (χ1n) is 12.1. The van der Waals surface area contributed by atoms with Crippen molar-refractivity contribution in [3.05, 3.63) is 35.4 Å². The van der Waals surface area contributed by atoms with Crippen molar-refractivity contribution in [2.24, 2.45) is 0 Å². The molecule has 0 aliphatic carbocycles. The van der Waals surface area contributed by atoms with Gasteiger partial charge >= 0.3 is 0 Å². The van der Waals surface area contributed by atoms with Crippen LogP contribution in [0.25, 0.3) is 0 Å². The number of imidazole rings is 1. The molecule has 1 spiro atoms. The number of piperidine rings is 1. The number of nitrogens with one attached hydrogen (secondary N) is 3. The van der Waals surface area contributed by atoms with Gasteiger partial charge in [-0.15, -0.1) is 0 Å². The summed E-state index contributed by atoms with van der Waals surface area (Å²) in [7, 11) is 4.51. The van der Waals surface area contributed by atoms with E-state index in [9.17, 15) is 9.59 Å². The van der Waals surface area contributed by atoms with Gasteiger partial charge in [0, 0.05) is 37.3 Å². The highest BCUT2D eigenvalue weighted by atomic mass is 32.2. The molecule has 1 saturated heterocycles. The minimum atomic E-state index is -0.627. The Labute approximate surface area is 215 Å². The number of hydrogen-bond acceptors (Lipinski definition) is 8. The van der Waals surface area contributed by atoms with Crippen LogP contribution in [0.3, 0.4) is 0 Å². The molecule has 0 radical (unpaired) electrons. The summed E-state index contributed by atoms with van der Waals surface area (Å²) in [6.45, 7) is 2.10. The predicted molar refractivity (Wildman–Crippen MR) is 138 cm³/mol. The van der Waals surface area contributed by atoms with Crippen molar-refractivity contribution in [2.75, 3.05) is 53.0 Å². The molecule has 196 valence electrons. The number of benzene rings is 1. The van der Waals surface area contributed by atoms with Crippen molar-refractivity contribution < 1.29 is 23.8 Å². The van der Waals surface area contributed by atoms with Crippen molar-refractivity contribution in [1.29, 1.82) is 0 Å². The number of H-pyrrole nitrogens is 1. The van der Waals surface area contributed by atoms with E-state index < -0.39 is 6.04 Å². The minimum absolute atomic E-state index is 0.0576. The number of methoxy groups -OCH3 is 3. The van der Waals surface area contributed by atoms with E-state index in [0.29, 0.717) is 42.3 Å². The molecule has 2 aromatic rings. The first-order chi connectivity index (χ1) is 17.5. The number of thioether (sulfide) groups is 1. The third-order valence-electron chi connectivity index (χ3n) is 7.08. The lowest BCUT2D eigenvalue weighted by Gasteiger charge is -2.44. The average Bonchev–Trinajstić information content (AvgIpc) is 3.40. The zero-order valence-corrected chi connectivity index (χ0v) is 22.1. The number of aromatic nitrogens is 2. The molecule has 0 saturated carbocycles. The molecule has 0 unspecified atom stereocenters. The predicted octanol–water partition coefficient (Wildman–Crippen LogP) is 1.95. The molecule has 2 aliphatic heterocycles. The van der Waals surface area contributed by atoms with Crippen molar-refractivity contribution >= 4 is 23.6 Å². The molecule has 1 fully saturated rings. The van der Waals surface area contributed by atoms with E-state index in [-0.39, 0.29) is 17.4 Å². The Morgan fingerprint density at radius 1 is 1.17 bits per heavy atom. The number of ether oxygens (including phenoxy) is 3. The number of carbonyl (C=O) groups excluding carboxylic acids is 2. The summed E-state index contributed by atoms with van der Waals surface area (Å²) < 4.78 is 16.1. The highest BCUT2D eigenvalue weighted by Crippen LogP contribution is 2.38. The molecule has 3 N–H and O–H groups in total. The Balaban J connectivity index is 1.47. The van der Waals surface area contributed by atoms with E-state index in [1.54, 1.807) is 30.2 Å². The van der Waals surface area contributed by atoms with Crippen molar-refractivity contribution in [3.63, 3.8) is 0 Å². The number of fused-ring (bicyclic) bond motifs is 2. The van der Waals surface area contributed by atoms with Crippen LogP contribution in [0.2, 0.25) is 0 Å². The summed E-state index contributed by atoms with van der Waals surface area (Å²) in [6, 6.07) is 2.56. The number of rotatable bonds is 9. The van der Waals surface area contributed by atoms with Crippen LogP contribution < -0.4 is 24.8 Å². The van der Waals surface area contributed by atoms with E-state index in [1.165, 1.54) is 27.0 Å². The second kappa shape index (κ2) is 11.4. The Morgan fingerprint density at radius 2 is 1.86 bits per heavy atom. The van der Waals surface area contributed by atoms with Gasteiger partial charge in [0.2, 0.25) is 11.7 Å². The number of nitrogens with zero attached hydrogens (tertiary/aromatic N) is 2. The maximum Gasteiger partial charge on any atom is 0.252 e. The Morgan fingerprint density at radius 3 is 2.47 bits per heavy atom. The fourth-order valence-corrected chi connectivity index (χ4v) is 5.60. The van der Waals surface area contributed by atoms with Crippen LogP contribution in [-0.4, -0.2) is 85.7 Å². The van der Waals surface area contributed by atoms with Gasteiger partial charge in [-0.25, -0.2) is 4.98 Å². The lowest BCUT2D eigenvalue weighted by molar-refractivity contribution is -0.135. The molecular formula is C25H35N5O5S. The molecule has 36 heavy (non-hydrogen) atoms. The zero-order valence-electron chi connectivity index (χ0n) is 21.3. The van der Waals surface area contributed by atoms with E-state index in [1.807, 2.05) is 11.2 Å². The molecular weight excluding hydrogens is 482 g/mol. The summed E-state index contributed by atoms with van der Waals surface area (Å²) in [5.41, 5.74) is 2.40. The molecule has 2 aliphatic rings. The molecule has 11 heteroatoms. The van der Waals surface area contributed by atoms with E-state index in [0.717, 1.165) is 37.3 Å². The normalized spacial score (nSPS) is 17.3. The lowest BCUT2D eigenvalue weighted by Crippen LogP contribution is -2.57. The van der Waals surface area contributed by atoms with Gasteiger partial charge in [-0.05, 0) is 43.4 Å². The summed E-state index contributed by atoms with van der Waals surface area (Å²) >= 11 is 1.64. The maximum absolute atomic E-state index is 13.6. The highest BCUT2D eigenvalue weighted by molar-refractivity contribution is 7.98.